The molecule has 0 N–H and O–H groups in total. The summed E-state index contributed by atoms with van der Waals surface area (Å²) in [7, 11) is 0. The van der Waals surface area contributed by atoms with Crippen LogP contribution in [0.1, 0.15) is 5.56 Å². The normalized spacial score (nSPS) is 11.1. The molecule has 10 rings (SSSR count). The van der Waals surface area contributed by atoms with E-state index >= 15 is 0 Å². The highest BCUT2D eigenvalue weighted by Gasteiger charge is 2.20. The van der Waals surface area contributed by atoms with Crippen molar-refractivity contribution in [1.29, 1.82) is 5.26 Å². The summed E-state index contributed by atoms with van der Waals surface area (Å²) in [4.78, 5) is 15.3. The van der Waals surface area contributed by atoms with Gasteiger partial charge in [-0.3, -0.25) is 0 Å². The zero-order chi connectivity index (χ0) is 38.1. The van der Waals surface area contributed by atoms with E-state index in [4.69, 9.17) is 15.0 Å². The van der Waals surface area contributed by atoms with E-state index in [0.717, 1.165) is 55.7 Å². The summed E-state index contributed by atoms with van der Waals surface area (Å²) in [5.74, 6) is 1.74. The molecule has 0 bridgehead atoms. The van der Waals surface area contributed by atoms with Crippen LogP contribution in [0, 0.1) is 11.3 Å². The summed E-state index contributed by atoms with van der Waals surface area (Å²) in [6.45, 7) is 0. The van der Waals surface area contributed by atoms with Gasteiger partial charge < -0.3 is 4.57 Å². The summed E-state index contributed by atoms with van der Waals surface area (Å²) < 4.78 is 2.34. The van der Waals surface area contributed by atoms with Gasteiger partial charge in [0.05, 0.1) is 22.7 Å². The first-order valence-corrected chi connectivity index (χ1v) is 18.9. The summed E-state index contributed by atoms with van der Waals surface area (Å²) in [6.07, 6.45) is 0. The number of fused-ring (bicyclic) bond motifs is 3. The molecule has 2 aromatic heterocycles. The van der Waals surface area contributed by atoms with Gasteiger partial charge >= 0.3 is 0 Å². The van der Waals surface area contributed by atoms with Crippen molar-refractivity contribution in [2.24, 2.45) is 0 Å². The number of benzene rings is 8. The molecule has 0 aliphatic carbocycles. The quantitative estimate of drug-likeness (QED) is 0.164. The van der Waals surface area contributed by atoms with E-state index in [1.54, 1.807) is 0 Å². The molecule has 0 atom stereocenters. The number of hydrogen-bond donors (Lipinski definition) is 0. The molecule has 57 heavy (non-hydrogen) atoms. The second-order valence-electron chi connectivity index (χ2n) is 14.0. The van der Waals surface area contributed by atoms with E-state index in [-0.39, 0.29) is 0 Å². The fourth-order valence-corrected chi connectivity index (χ4v) is 7.68. The van der Waals surface area contributed by atoms with Crippen molar-refractivity contribution in [1.82, 2.24) is 19.5 Å². The Morgan fingerprint density at radius 3 is 1.26 bits per heavy atom. The maximum Gasteiger partial charge on any atom is 0.164 e. The van der Waals surface area contributed by atoms with Gasteiger partial charge in [0.2, 0.25) is 0 Å². The summed E-state index contributed by atoms with van der Waals surface area (Å²) in [5, 5.41) is 11.9. The Morgan fingerprint density at radius 2 is 0.789 bits per heavy atom. The third-order valence-electron chi connectivity index (χ3n) is 10.5. The lowest BCUT2D eigenvalue weighted by molar-refractivity contribution is 1.07. The van der Waals surface area contributed by atoms with E-state index in [1.807, 2.05) is 84.9 Å². The summed E-state index contributed by atoms with van der Waals surface area (Å²) in [5.41, 5.74) is 13.0. The Kier molecular flexibility index (Phi) is 8.48. The van der Waals surface area contributed by atoms with Crippen LogP contribution in [0.15, 0.2) is 200 Å². The van der Waals surface area contributed by atoms with E-state index in [2.05, 4.69) is 126 Å². The second kappa shape index (κ2) is 14.4. The van der Waals surface area contributed by atoms with E-state index in [9.17, 15) is 5.26 Å². The predicted molar refractivity (Wildman–Crippen MR) is 231 cm³/mol. The molecule has 0 saturated carbocycles. The Bertz CT molecular complexity index is 2940. The van der Waals surface area contributed by atoms with Crippen molar-refractivity contribution in [3.05, 3.63) is 206 Å². The van der Waals surface area contributed by atoms with Gasteiger partial charge in [0.25, 0.3) is 0 Å². The first-order valence-electron chi connectivity index (χ1n) is 18.9. The molecule has 0 saturated heterocycles. The molecule has 8 aromatic carbocycles. The lowest BCUT2D eigenvalue weighted by Gasteiger charge is -2.16. The molecular formula is C52H33N5. The minimum absolute atomic E-state index is 0.558. The Balaban J connectivity index is 1.24. The van der Waals surface area contributed by atoms with Crippen molar-refractivity contribution >= 4 is 21.8 Å². The fourth-order valence-electron chi connectivity index (χ4n) is 7.68. The van der Waals surface area contributed by atoms with Crippen molar-refractivity contribution < 1.29 is 0 Å². The van der Waals surface area contributed by atoms with Gasteiger partial charge in [0, 0.05) is 33.2 Å². The van der Waals surface area contributed by atoms with Gasteiger partial charge in [0.1, 0.15) is 0 Å². The molecule has 266 valence electrons. The van der Waals surface area contributed by atoms with Crippen LogP contribution in [-0.2, 0) is 0 Å². The van der Waals surface area contributed by atoms with Gasteiger partial charge in [0.15, 0.2) is 17.5 Å². The number of aromatic nitrogens is 4. The summed E-state index contributed by atoms with van der Waals surface area (Å²) >= 11 is 0. The smallest absolute Gasteiger partial charge is 0.164 e. The van der Waals surface area contributed by atoms with E-state index in [0.29, 0.717) is 23.0 Å². The number of rotatable bonds is 7. The van der Waals surface area contributed by atoms with Crippen LogP contribution in [0.2, 0.25) is 0 Å². The van der Waals surface area contributed by atoms with Crippen molar-refractivity contribution in [3.63, 3.8) is 0 Å². The lowest BCUT2D eigenvalue weighted by atomic mass is 9.97. The topological polar surface area (TPSA) is 67.4 Å². The minimum Gasteiger partial charge on any atom is -0.309 e. The van der Waals surface area contributed by atoms with Crippen LogP contribution in [0.5, 0.6) is 0 Å². The molecule has 0 unspecified atom stereocenters. The highest BCUT2D eigenvalue weighted by atomic mass is 15.0. The molecule has 5 heteroatoms. The van der Waals surface area contributed by atoms with Gasteiger partial charge in [-0.05, 0) is 81.9 Å². The Labute approximate surface area is 330 Å². The monoisotopic (exact) mass is 727 g/mol. The molecule has 0 amide bonds. The molecular weight excluding hydrogens is 695 g/mol. The van der Waals surface area contributed by atoms with Crippen LogP contribution >= 0.6 is 0 Å². The molecule has 5 nitrogen and oxygen atoms in total. The highest BCUT2D eigenvalue weighted by Crippen LogP contribution is 2.40. The summed E-state index contributed by atoms with van der Waals surface area (Å²) in [6, 6.07) is 71.1. The first-order chi connectivity index (χ1) is 28.2. The molecule has 0 spiro atoms. The largest absolute Gasteiger partial charge is 0.309 e. The molecule has 0 aliphatic rings. The van der Waals surface area contributed by atoms with Crippen LogP contribution < -0.4 is 0 Å². The standard InChI is InChI=1S/C52H33N5/c53-34-35-21-23-38(24-22-35)44-28-27-43(33-47(44)52-55-50(39-17-9-3-10-18-39)54-51(56-52)40-19-11-4-12-20-40)57-48-29-25-41(36-13-5-1-6-14-36)31-45(48)46-32-42(26-30-49(46)57)37-15-7-2-8-16-37/h1-33H. The zero-order valence-electron chi connectivity index (χ0n) is 30.8. The van der Waals surface area contributed by atoms with Crippen LogP contribution in [-0.4, -0.2) is 19.5 Å². The van der Waals surface area contributed by atoms with Gasteiger partial charge in [-0.1, -0.05) is 152 Å². The molecule has 0 fully saturated rings. The number of nitrogens with zero attached hydrogens (tertiary/aromatic N) is 5. The molecule has 0 radical (unpaired) electrons. The third kappa shape index (κ3) is 6.32. The highest BCUT2D eigenvalue weighted by molar-refractivity contribution is 6.11. The predicted octanol–water partition coefficient (Wildman–Crippen LogP) is 12.8. The van der Waals surface area contributed by atoms with Gasteiger partial charge in [-0.15, -0.1) is 0 Å². The van der Waals surface area contributed by atoms with Crippen LogP contribution in [0.25, 0.3) is 95.0 Å². The Morgan fingerprint density at radius 1 is 0.351 bits per heavy atom. The van der Waals surface area contributed by atoms with Crippen LogP contribution in [0.4, 0.5) is 0 Å². The Hall–Kier alpha value is -7.94. The number of hydrogen-bond acceptors (Lipinski definition) is 4. The number of nitriles is 1. The molecule has 2 heterocycles. The SMILES string of the molecule is N#Cc1ccc(-c2ccc(-n3c4ccc(-c5ccccc5)cc4c4cc(-c5ccccc5)ccc43)cc2-c2nc(-c3ccccc3)nc(-c3ccccc3)n2)cc1. The maximum atomic E-state index is 9.61. The average molecular weight is 728 g/mol. The lowest BCUT2D eigenvalue weighted by Crippen LogP contribution is -2.02. The van der Waals surface area contributed by atoms with Crippen LogP contribution in [0.3, 0.4) is 0 Å². The molecule has 10 aromatic rings. The minimum atomic E-state index is 0.558. The molecule has 0 aliphatic heterocycles. The van der Waals surface area contributed by atoms with Crippen molar-refractivity contribution in [2.45, 2.75) is 0 Å². The zero-order valence-corrected chi connectivity index (χ0v) is 30.8. The second-order valence-corrected chi connectivity index (χ2v) is 14.0. The maximum absolute atomic E-state index is 9.61. The van der Waals surface area contributed by atoms with E-state index in [1.165, 1.54) is 21.9 Å². The van der Waals surface area contributed by atoms with E-state index < -0.39 is 0 Å². The van der Waals surface area contributed by atoms with Gasteiger partial charge in [-0.25, -0.2) is 15.0 Å². The fraction of sp³-hybridized carbons (Fsp3) is 0. The average Bonchev–Trinajstić information content (AvgIpc) is 3.63. The van der Waals surface area contributed by atoms with Crippen molar-refractivity contribution in [2.75, 3.05) is 0 Å². The third-order valence-corrected chi connectivity index (χ3v) is 10.5. The van der Waals surface area contributed by atoms with Crippen molar-refractivity contribution in [3.8, 4) is 79.3 Å². The van der Waals surface area contributed by atoms with Gasteiger partial charge in [-0.2, -0.15) is 5.26 Å². The first kappa shape index (κ1) is 33.6.